The van der Waals surface area contributed by atoms with E-state index in [1.165, 1.54) is 6.21 Å². The molecule has 0 spiro atoms. The van der Waals surface area contributed by atoms with Crippen LogP contribution in [-0.4, -0.2) is 31.2 Å². The molecule has 0 atom stereocenters. The fourth-order valence-electron chi connectivity index (χ4n) is 2.09. The van der Waals surface area contributed by atoms with Crippen LogP contribution in [0.3, 0.4) is 0 Å². The van der Waals surface area contributed by atoms with Gasteiger partial charge in [-0.1, -0.05) is 43.1 Å². The minimum absolute atomic E-state index is 0.187. The number of amides is 2. The molecule has 0 heterocycles. The van der Waals surface area contributed by atoms with Gasteiger partial charge in [-0.15, -0.1) is 0 Å². The molecule has 6 nitrogen and oxygen atoms in total. The van der Waals surface area contributed by atoms with Gasteiger partial charge in [-0.25, -0.2) is 5.43 Å². The summed E-state index contributed by atoms with van der Waals surface area (Å²) in [6.45, 7) is 2.56. The maximum Gasteiger partial charge on any atom is 0.259 e. The van der Waals surface area contributed by atoms with E-state index in [0.717, 1.165) is 12.8 Å². The minimum atomic E-state index is -0.439. The van der Waals surface area contributed by atoms with E-state index in [4.69, 9.17) is 16.3 Å². The van der Waals surface area contributed by atoms with Crippen LogP contribution >= 0.6 is 11.6 Å². The zero-order valence-electron chi connectivity index (χ0n) is 15.1. The van der Waals surface area contributed by atoms with Gasteiger partial charge >= 0.3 is 0 Å². The van der Waals surface area contributed by atoms with Gasteiger partial charge in [0.1, 0.15) is 5.75 Å². The number of carbonyl (C=O) groups is 2. The van der Waals surface area contributed by atoms with Crippen molar-refractivity contribution in [1.82, 2.24) is 10.7 Å². The molecule has 0 saturated carbocycles. The normalized spacial score (nSPS) is 10.6. The molecule has 0 aliphatic carbocycles. The molecule has 0 unspecified atom stereocenters. The molecule has 0 bridgehead atoms. The van der Waals surface area contributed by atoms with Crippen molar-refractivity contribution in [2.45, 2.75) is 19.8 Å². The molecule has 0 aliphatic heterocycles. The highest BCUT2D eigenvalue weighted by Gasteiger charge is 2.08. The molecule has 2 aromatic carbocycles. The summed E-state index contributed by atoms with van der Waals surface area (Å²) in [5.41, 5.74) is 3.47. The number of hydrogen-bond acceptors (Lipinski definition) is 4. The number of unbranched alkanes of at least 4 members (excludes halogenated alkanes) is 1. The van der Waals surface area contributed by atoms with Crippen molar-refractivity contribution in [3.63, 3.8) is 0 Å². The molecule has 0 radical (unpaired) electrons. The van der Waals surface area contributed by atoms with Gasteiger partial charge in [0, 0.05) is 16.1 Å². The molecule has 7 heteroatoms. The Morgan fingerprint density at radius 2 is 1.89 bits per heavy atom. The van der Waals surface area contributed by atoms with E-state index in [1.54, 1.807) is 42.5 Å². The maximum absolute atomic E-state index is 12.1. The lowest BCUT2D eigenvalue weighted by atomic mass is 10.2. The number of nitrogens with zero attached hydrogens (tertiary/aromatic N) is 1. The van der Waals surface area contributed by atoms with E-state index in [0.29, 0.717) is 28.5 Å². The minimum Gasteiger partial charge on any atom is -0.494 e. The van der Waals surface area contributed by atoms with Gasteiger partial charge in [-0.2, -0.15) is 5.10 Å². The molecule has 2 aromatic rings. The molecule has 0 fully saturated rings. The number of halogens is 1. The van der Waals surface area contributed by atoms with Crippen LogP contribution in [0.2, 0.25) is 5.02 Å². The number of benzene rings is 2. The van der Waals surface area contributed by atoms with Gasteiger partial charge in [0.05, 0.1) is 19.4 Å². The number of nitrogens with one attached hydrogen (secondary N) is 2. The summed E-state index contributed by atoms with van der Waals surface area (Å²) in [4.78, 5) is 23.8. The SMILES string of the molecule is CCCCOc1ccc(C(=O)NCC(=O)NN=Cc2ccccc2Cl)cc1. The average molecular weight is 388 g/mol. The smallest absolute Gasteiger partial charge is 0.259 e. The molecule has 0 aromatic heterocycles. The summed E-state index contributed by atoms with van der Waals surface area (Å²) in [6.07, 6.45) is 3.49. The van der Waals surface area contributed by atoms with Gasteiger partial charge in [0.15, 0.2) is 0 Å². The Bertz CT molecular complexity index is 791. The molecule has 27 heavy (non-hydrogen) atoms. The second-order valence-corrected chi connectivity index (χ2v) is 6.13. The van der Waals surface area contributed by atoms with Gasteiger partial charge in [0.2, 0.25) is 0 Å². The van der Waals surface area contributed by atoms with E-state index in [-0.39, 0.29) is 12.5 Å². The van der Waals surface area contributed by atoms with Gasteiger partial charge < -0.3 is 10.1 Å². The number of hydrogen-bond donors (Lipinski definition) is 2. The van der Waals surface area contributed by atoms with Crippen molar-refractivity contribution in [3.8, 4) is 5.75 Å². The predicted octanol–water partition coefficient (Wildman–Crippen LogP) is 3.40. The Balaban J connectivity index is 1.76. The Kier molecular flexibility index (Phi) is 8.32. The monoisotopic (exact) mass is 387 g/mol. The molecular formula is C20H22ClN3O3. The first-order valence-electron chi connectivity index (χ1n) is 8.67. The first-order valence-corrected chi connectivity index (χ1v) is 9.05. The summed E-state index contributed by atoms with van der Waals surface area (Å²) >= 11 is 5.99. The van der Waals surface area contributed by atoms with Crippen LogP contribution in [0.25, 0.3) is 0 Å². The predicted molar refractivity (Wildman–Crippen MR) is 106 cm³/mol. The van der Waals surface area contributed by atoms with Crippen LogP contribution in [0.5, 0.6) is 5.75 Å². The molecule has 2 N–H and O–H groups in total. The molecular weight excluding hydrogens is 366 g/mol. The number of carbonyl (C=O) groups excluding carboxylic acids is 2. The van der Waals surface area contributed by atoms with Crippen LogP contribution in [0, 0.1) is 0 Å². The van der Waals surface area contributed by atoms with Gasteiger partial charge in [0.25, 0.3) is 11.8 Å². The van der Waals surface area contributed by atoms with Crippen LogP contribution in [0.4, 0.5) is 0 Å². The second kappa shape index (κ2) is 11.0. The molecule has 142 valence electrons. The third kappa shape index (κ3) is 7.11. The Labute approximate surface area is 163 Å². The van der Waals surface area contributed by atoms with Crippen molar-refractivity contribution in [2.75, 3.05) is 13.2 Å². The largest absolute Gasteiger partial charge is 0.494 e. The van der Waals surface area contributed by atoms with Crippen LogP contribution < -0.4 is 15.5 Å². The topological polar surface area (TPSA) is 79.8 Å². The molecule has 0 saturated heterocycles. The van der Waals surface area contributed by atoms with E-state index in [9.17, 15) is 9.59 Å². The lowest BCUT2D eigenvalue weighted by molar-refractivity contribution is -0.120. The quantitative estimate of drug-likeness (QED) is 0.393. The Hall–Kier alpha value is -2.86. The Morgan fingerprint density at radius 1 is 1.15 bits per heavy atom. The highest BCUT2D eigenvalue weighted by molar-refractivity contribution is 6.33. The van der Waals surface area contributed by atoms with Crippen molar-refractivity contribution >= 4 is 29.6 Å². The van der Waals surface area contributed by atoms with E-state index in [1.807, 2.05) is 6.07 Å². The van der Waals surface area contributed by atoms with Crippen LogP contribution in [0.15, 0.2) is 53.6 Å². The highest BCUT2D eigenvalue weighted by atomic mass is 35.5. The standard InChI is InChI=1S/C20H22ClN3O3/c1-2-3-12-27-17-10-8-15(9-11-17)20(26)22-14-19(25)24-23-13-16-6-4-5-7-18(16)21/h4-11,13H,2-3,12,14H2,1H3,(H,22,26)(H,24,25). The maximum atomic E-state index is 12.1. The zero-order chi connectivity index (χ0) is 19.5. The van der Waals surface area contributed by atoms with Gasteiger partial charge in [-0.05, 0) is 36.8 Å². The lowest BCUT2D eigenvalue weighted by Gasteiger charge is -2.07. The van der Waals surface area contributed by atoms with Crippen molar-refractivity contribution in [1.29, 1.82) is 0 Å². The van der Waals surface area contributed by atoms with E-state index in [2.05, 4.69) is 22.8 Å². The summed E-state index contributed by atoms with van der Waals surface area (Å²) in [5.74, 6) is -0.0711. The third-order valence-corrected chi connectivity index (χ3v) is 3.93. The Morgan fingerprint density at radius 3 is 2.59 bits per heavy atom. The summed E-state index contributed by atoms with van der Waals surface area (Å²) in [6, 6.07) is 13.9. The zero-order valence-corrected chi connectivity index (χ0v) is 15.8. The van der Waals surface area contributed by atoms with E-state index < -0.39 is 5.91 Å². The molecule has 0 aliphatic rings. The van der Waals surface area contributed by atoms with Gasteiger partial charge in [-0.3, -0.25) is 9.59 Å². The average Bonchev–Trinajstić information content (AvgIpc) is 2.68. The van der Waals surface area contributed by atoms with Crippen LogP contribution in [-0.2, 0) is 4.79 Å². The summed E-state index contributed by atoms with van der Waals surface area (Å²) in [7, 11) is 0. The van der Waals surface area contributed by atoms with Crippen molar-refractivity contribution in [2.24, 2.45) is 5.10 Å². The summed E-state index contributed by atoms with van der Waals surface area (Å²) < 4.78 is 5.55. The lowest BCUT2D eigenvalue weighted by Crippen LogP contribution is -2.34. The number of hydrazone groups is 1. The fourth-order valence-corrected chi connectivity index (χ4v) is 2.28. The second-order valence-electron chi connectivity index (χ2n) is 5.72. The van der Waals surface area contributed by atoms with Crippen molar-refractivity contribution < 1.29 is 14.3 Å². The van der Waals surface area contributed by atoms with E-state index >= 15 is 0 Å². The highest BCUT2D eigenvalue weighted by Crippen LogP contribution is 2.13. The molecule has 2 rings (SSSR count). The first kappa shape index (κ1) is 20.5. The molecule has 2 amide bonds. The number of rotatable bonds is 9. The van der Waals surface area contributed by atoms with Crippen molar-refractivity contribution in [3.05, 3.63) is 64.7 Å². The number of ether oxygens (including phenoxy) is 1. The third-order valence-electron chi connectivity index (χ3n) is 3.59. The summed E-state index contributed by atoms with van der Waals surface area (Å²) in [5, 5.41) is 6.90. The van der Waals surface area contributed by atoms with Crippen LogP contribution in [0.1, 0.15) is 35.7 Å². The fraction of sp³-hybridized carbons (Fsp3) is 0.250. The first-order chi connectivity index (χ1) is 13.1.